The number of hydrogen-bond acceptors (Lipinski definition) is 6. The van der Waals surface area contributed by atoms with Crippen LogP contribution in [0, 0.1) is 0 Å². The lowest BCUT2D eigenvalue weighted by Gasteiger charge is -2.24. The summed E-state index contributed by atoms with van der Waals surface area (Å²) >= 11 is 3.57. The number of halogens is 1. The van der Waals surface area contributed by atoms with Crippen LogP contribution in [0.4, 0.5) is 0 Å². The number of aromatic nitrogens is 3. The van der Waals surface area contributed by atoms with Gasteiger partial charge in [-0.05, 0) is 49.7 Å². The predicted molar refractivity (Wildman–Crippen MR) is 101 cm³/mol. The lowest BCUT2D eigenvalue weighted by molar-refractivity contribution is 0.209. The van der Waals surface area contributed by atoms with E-state index in [1.165, 1.54) is 5.56 Å². The smallest absolute Gasteiger partial charge is 0.241 e. The fraction of sp³-hybridized carbons (Fsp3) is 0.316. The molecular formula is C19H19BrN4O2. The van der Waals surface area contributed by atoms with Gasteiger partial charge in [-0.3, -0.25) is 9.88 Å². The third kappa shape index (κ3) is 3.50. The van der Waals surface area contributed by atoms with Gasteiger partial charge in [0, 0.05) is 22.3 Å². The zero-order chi connectivity index (χ0) is 17.9. The first-order chi connectivity index (χ1) is 12.7. The van der Waals surface area contributed by atoms with E-state index in [9.17, 15) is 0 Å². The molecule has 3 heterocycles. The molecule has 0 radical (unpaired) electrons. The van der Waals surface area contributed by atoms with Crippen molar-refractivity contribution in [3.05, 3.63) is 58.5 Å². The van der Waals surface area contributed by atoms with E-state index in [0.29, 0.717) is 24.0 Å². The van der Waals surface area contributed by atoms with Crippen LogP contribution >= 0.6 is 15.9 Å². The van der Waals surface area contributed by atoms with Crippen molar-refractivity contribution in [2.75, 3.05) is 13.7 Å². The van der Waals surface area contributed by atoms with E-state index >= 15 is 0 Å². The van der Waals surface area contributed by atoms with Crippen molar-refractivity contribution < 1.29 is 9.26 Å². The van der Waals surface area contributed by atoms with Crippen LogP contribution in [0.2, 0.25) is 0 Å². The number of hydrogen-bond donors (Lipinski definition) is 0. The quantitative estimate of drug-likeness (QED) is 0.621. The number of pyridine rings is 1. The van der Waals surface area contributed by atoms with E-state index in [1.54, 1.807) is 13.3 Å². The van der Waals surface area contributed by atoms with E-state index in [2.05, 4.69) is 42.0 Å². The van der Waals surface area contributed by atoms with E-state index in [4.69, 9.17) is 9.26 Å². The van der Waals surface area contributed by atoms with Crippen molar-refractivity contribution in [2.45, 2.75) is 25.4 Å². The molecule has 0 N–H and O–H groups in total. The molecule has 26 heavy (non-hydrogen) atoms. The van der Waals surface area contributed by atoms with Gasteiger partial charge in [-0.15, -0.1) is 0 Å². The van der Waals surface area contributed by atoms with Crippen molar-refractivity contribution in [1.82, 2.24) is 20.0 Å². The summed E-state index contributed by atoms with van der Waals surface area (Å²) in [5, 5.41) is 4.07. The van der Waals surface area contributed by atoms with Gasteiger partial charge >= 0.3 is 0 Å². The average molecular weight is 415 g/mol. The molecule has 1 aliphatic rings. The summed E-state index contributed by atoms with van der Waals surface area (Å²) < 4.78 is 12.1. The van der Waals surface area contributed by atoms with Crippen LogP contribution in [-0.4, -0.2) is 33.7 Å². The maximum atomic E-state index is 5.57. The van der Waals surface area contributed by atoms with Crippen molar-refractivity contribution in [2.24, 2.45) is 0 Å². The van der Waals surface area contributed by atoms with Crippen LogP contribution in [0.5, 0.6) is 5.75 Å². The Balaban J connectivity index is 1.55. The Morgan fingerprint density at radius 3 is 3.04 bits per heavy atom. The molecule has 2 aromatic heterocycles. The minimum Gasteiger partial charge on any atom is -0.496 e. The largest absolute Gasteiger partial charge is 0.496 e. The maximum Gasteiger partial charge on any atom is 0.241 e. The number of rotatable bonds is 5. The topological polar surface area (TPSA) is 64.3 Å². The van der Waals surface area contributed by atoms with Gasteiger partial charge in [-0.1, -0.05) is 27.2 Å². The summed E-state index contributed by atoms with van der Waals surface area (Å²) in [6, 6.07) is 12.1. The molecule has 3 aromatic rings. The number of methoxy groups -OCH3 is 1. The normalized spacial score (nSPS) is 17.5. The summed E-state index contributed by atoms with van der Waals surface area (Å²) in [6.07, 6.45) is 3.93. The molecule has 0 spiro atoms. The van der Waals surface area contributed by atoms with Gasteiger partial charge < -0.3 is 9.26 Å². The third-order valence-electron chi connectivity index (χ3n) is 4.61. The first kappa shape index (κ1) is 17.2. The van der Waals surface area contributed by atoms with E-state index < -0.39 is 0 Å². The zero-order valence-electron chi connectivity index (χ0n) is 14.4. The van der Waals surface area contributed by atoms with Gasteiger partial charge in [0.1, 0.15) is 11.4 Å². The molecule has 6 nitrogen and oxygen atoms in total. The second kappa shape index (κ2) is 7.55. The molecular weight excluding hydrogens is 396 g/mol. The lowest BCUT2D eigenvalue weighted by Crippen LogP contribution is -2.23. The number of ether oxygens (including phenoxy) is 1. The molecule has 0 amide bonds. The summed E-state index contributed by atoms with van der Waals surface area (Å²) in [7, 11) is 1.71. The van der Waals surface area contributed by atoms with Gasteiger partial charge in [-0.25, -0.2) is 0 Å². The molecule has 0 saturated carbocycles. The van der Waals surface area contributed by atoms with Gasteiger partial charge in [-0.2, -0.15) is 4.98 Å². The Morgan fingerprint density at radius 2 is 2.23 bits per heavy atom. The lowest BCUT2D eigenvalue weighted by atomic mass is 10.0. The maximum absolute atomic E-state index is 5.57. The summed E-state index contributed by atoms with van der Waals surface area (Å²) in [6.45, 7) is 1.60. The fourth-order valence-electron chi connectivity index (χ4n) is 3.43. The van der Waals surface area contributed by atoms with Gasteiger partial charge in [0.25, 0.3) is 0 Å². The Kier molecular flexibility index (Phi) is 4.99. The summed E-state index contributed by atoms with van der Waals surface area (Å²) in [5.74, 6) is 2.03. The molecule has 0 bridgehead atoms. The Labute approximate surface area is 160 Å². The molecule has 1 aromatic carbocycles. The number of nitrogens with zero attached hydrogens (tertiary/aromatic N) is 4. The minimum atomic E-state index is 0.271. The van der Waals surface area contributed by atoms with E-state index in [-0.39, 0.29) is 6.04 Å². The van der Waals surface area contributed by atoms with Crippen LogP contribution in [0.25, 0.3) is 11.5 Å². The molecule has 1 atom stereocenters. The molecule has 1 aliphatic heterocycles. The number of benzene rings is 1. The highest BCUT2D eigenvalue weighted by Crippen LogP contribution is 2.39. The highest BCUT2D eigenvalue weighted by atomic mass is 79.9. The molecule has 0 aliphatic carbocycles. The monoisotopic (exact) mass is 414 g/mol. The SMILES string of the molecule is COc1ccc(Br)cc1C1CCCN1Cc1nc(-c2ccccn2)no1. The van der Waals surface area contributed by atoms with Gasteiger partial charge in [0.05, 0.1) is 13.7 Å². The zero-order valence-corrected chi connectivity index (χ0v) is 16.0. The third-order valence-corrected chi connectivity index (χ3v) is 5.11. The molecule has 1 fully saturated rings. The van der Waals surface area contributed by atoms with Crippen molar-refractivity contribution in [3.63, 3.8) is 0 Å². The van der Waals surface area contributed by atoms with Crippen LogP contribution in [0.15, 0.2) is 51.6 Å². The van der Waals surface area contributed by atoms with Crippen molar-refractivity contribution in [3.8, 4) is 17.3 Å². The predicted octanol–water partition coefficient (Wildman–Crippen LogP) is 4.24. The molecule has 7 heteroatoms. The molecule has 4 rings (SSSR count). The Bertz CT molecular complexity index is 884. The van der Waals surface area contributed by atoms with E-state index in [0.717, 1.165) is 29.6 Å². The van der Waals surface area contributed by atoms with Gasteiger partial charge in [0.15, 0.2) is 0 Å². The van der Waals surface area contributed by atoms with Crippen LogP contribution < -0.4 is 4.74 Å². The highest BCUT2D eigenvalue weighted by Gasteiger charge is 2.30. The second-order valence-corrected chi connectivity index (χ2v) is 7.16. The average Bonchev–Trinajstić information content (AvgIpc) is 3.32. The minimum absolute atomic E-state index is 0.271. The van der Waals surface area contributed by atoms with E-state index in [1.807, 2.05) is 30.3 Å². The second-order valence-electron chi connectivity index (χ2n) is 6.24. The standard InChI is InChI=1S/C19H19BrN4O2/c1-25-17-8-7-13(20)11-14(17)16-6-4-10-24(16)12-18-22-19(23-26-18)15-5-2-3-9-21-15/h2-3,5,7-9,11,16H,4,6,10,12H2,1H3. The first-order valence-corrected chi connectivity index (χ1v) is 9.35. The Hall–Kier alpha value is -2.25. The highest BCUT2D eigenvalue weighted by molar-refractivity contribution is 9.10. The molecule has 1 saturated heterocycles. The van der Waals surface area contributed by atoms with Crippen molar-refractivity contribution >= 4 is 15.9 Å². The van der Waals surface area contributed by atoms with Crippen molar-refractivity contribution in [1.29, 1.82) is 0 Å². The molecule has 1 unspecified atom stereocenters. The molecule has 134 valence electrons. The fourth-order valence-corrected chi connectivity index (χ4v) is 3.80. The van der Waals surface area contributed by atoms with Gasteiger partial charge in [0.2, 0.25) is 11.7 Å². The van der Waals surface area contributed by atoms with Crippen LogP contribution in [0.3, 0.4) is 0 Å². The number of likely N-dealkylation sites (tertiary alicyclic amines) is 1. The Morgan fingerprint density at radius 1 is 1.31 bits per heavy atom. The summed E-state index contributed by atoms with van der Waals surface area (Å²) in [5.41, 5.74) is 1.90. The first-order valence-electron chi connectivity index (χ1n) is 8.56. The van der Waals surface area contributed by atoms with Crippen LogP contribution in [0.1, 0.15) is 30.3 Å². The summed E-state index contributed by atoms with van der Waals surface area (Å²) in [4.78, 5) is 11.1. The van der Waals surface area contributed by atoms with Crippen LogP contribution in [-0.2, 0) is 6.54 Å².